The van der Waals surface area contributed by atoms with Crippen molar-refractivity contribution >= 4 is 37.9 Å². The molecule has 2 heterocycles. The molecular weight excluding hydrogens is 434 g/mol. The van der Waals surface area contributed by atoms with E-state index in [0.717, 1.165) is 35.3 Å². The zero-order chi connectivity index (χ0) is 21.8. The van der Waals surface area contributed by atoms with E-state index >= 15 is 0 Å². The zero-order valence-corrected chi connectivity index (χ0v) is 19.3. The molecule has 0 aromatic heterocycles. The monoisotopic (exact) mass is 463 g/mol. The van der Waals surface area contributed by atoms with E-state index in [1.807, 2.05) is 36.4 Å². The highest BCUT2D eigenvalue weighted by atomic mass is 32.3. The molecule has 2 fully saturated rings. The fraction of sp³-hybridized carbons (Fsp3) is 0.455. The van der Waals surface area contributed by atoms with Crippen molar-refractivity contribution in [1.82, 2.24) is 0 Å². The lowest BCUT2D eigenvalue weighted by Gasteiger charge is -2.42. The molecule has 7 nitrogen and oxygen atoms in total. The summed E-state index contributed by atoms with van der Waals surface area (Å²) in [5.74, 6) is 1.25. The highest BCUT2D eigenvalue weighted by Crippen LogP contribution is 2.45. The predicted molar refractivity (Wildman–Crippen MR) is 129 cm³/mol. The Morgan fingerprint density at radius 3 is 2.35 bits per heavy atom. The van der Waals surface area contributed by atoms with Crippen molar-refractivity contribution in [2.75, 3.05) is 51.7 Å². The molecule has 168 valence electrons. The predicted octanol–water partition coefficient (Wildman–Crippen LogP) is 4.23. The third-order valence-corrected chi connectivity index (χ3v) is 10.2. The fourth-order valence-corrected chi connectivity index (χ4v) is 7.25. The molecule has 2 aromatic rings. The van der Waals surface area contributed by atoms with Gasteiger partial charge in [0.2, 0.25) is 0 Å². The number of fused-ring (bicyclic) bond motifs is 1. The van der Waals surface area contributed by atoms with Crippen LogP contribution < -0.4 is 13.5 Å². The van der Waals surface area contributed by atoms with E-state index in [2.05, 4.69) is 11.0 Å². The van der Waals surface area contributed by atoms with Crippen LogP contribution in [0.25, 0.3) is 11.1 Å². The molecule has 0 radical (unpaired) electrons. The molecule has 31 heavy (non-hydrogen) atoms. The lowest BCUT2D eigenvalue weighted by atomic mass is 9.85. The van der Waals surface area contributed by atoms with Crippen LogP contribution in [0.1, 0.15) is 19.3 Å². The van der Waals surface area contributed by atoms with E-state index in [1.54, 1.807) is 11.4 Å². The van der Waals surface area contributed by atoms with Crippen molar-refractivity contribution in [3.8, 4) is 11.1 Å². The Bertz CT molecular complexity index is 1090. The lowest BCUT2D eigenvalue weighted by Crippen LogP contribution is -2.39. The maximum absolute atomic E-state index is 13.0. The van der Waals surface area contributed by atoms with Gasteiger partial charge in [-0.25, -0.2) is 0 Å². The molecule has 1 saturated heterocycles. The minimum Gasteiger partial charge on any atom is -0.368 e. The van der Waals surface area contributed by atoms with Gasteiger partial charge in [-0.2, -0.15) is 19.0 Å². The first-order valence-corrected chi connectivity index (χ1v) is 14.0. The van der Waals surface area contributed by atoms with Crippen LogP contribution in [-0.4, -0.2) is 55.7 Å². The van der Waals surface area contributed by atoms with Gasteiger partial charge in [0.1, 0.15) is 0 Å². The molecule has 1 saturated carbocycles. The van der Waals surface area contributed by atoms with E-state index in [0.29, 0.717) is 42.7 Å². The largest absolute Gasteiger partial charge is 0.368 e. The number of rotatable bonds is 4. The molecule has 0 spiro atoms. The van der Waals surface area contributed by atoms with Crippen molar-refractivity contribution in [3.05, 3.63) is 42.5 Å². The number of anilines is 3. The molecular formula is C22H29N3O4S2. The van der Waals surface area contributed by atoms with Crippen molar-refractivity contribution in [2.24, 2.45) is 5.92 Å². The van der Waals surface area contributed by atoms with Gasteiger partial charge in [-0.05, 0) is 54.2 Å². The summed E-state index contributed by atoms with van der Waals surface area (Å²) in [5.41, 5.74) is 4.50. The Morgan fingerprint density at radius 2 is 1.68 bits per heavy atom. The van der Waals surface area contributed by atoms with Gasteiger partial charge in [0.25, 0.3) is 0 Å². The average molecular weight is 464 g/mol. The Kier molecular flexibility index (Phi) is 5.12. The minimum atomic E-state index is -3.52. The number of benzene rings is 2. The van der Waals surface area contributed by atoms with Gasteiger partial charge in [-0.1, -0.05) is 24.6 Å². The summed E-state index contributed by atoms with van der Waals surface area (Å²) in [6.07, 6.45) is 3.38. The van der Waals surface area contributed by atoms with Crippen LogP contribution in [0.15, 0.2) is 42.5 Å². The van der Waals surface area contributed by atoms with Gasteiger partial charge in [-0.15, -0.1) is 0 Å². The molecule has 2 N–H and O–H groups in total. The molecule has 9 heteroatoms. The summed E-state index contributed by atoms with van der Waals surface area (Å²) < 4.78 is 48.7. The van der Waals surface area contributed by atoms with E-state index in [9.17, 15) is 17.5 Å². The standard InChI is InChI=1S/C22H29N3O4S2/c1-23-22-15-19(8-9-21(22)25(31(23,28)29)16-17-4-2-5-17)18-6-3-7-20(14-18)24-10-12-30(26,27)13-11-24/h3,6-9,14-15,17,26-27H,2,4-5,10-13,16H2,1H3. The van der Waals surface area contributed by atoms with Crippen LogP contribution in [0.2, 0.25) is 0 Å². The first-order chi connectivity index (χ1) is 14.7. The third-order valence-electron chi connectivity index (χ3n) is 6.78. The Labute approximate surface area is 185 Å². The van der Waals surface area contributed by atoms with E-state index in [4.69, 9.17) is 0 Å². The van der Waals surface area contributed by atoms with Crippen molar-refractivity contribution < 1.29 is 17.5 Å². The van der Waals surface area contributed by atoms with Gasteiger partial charge < -0.3 is 4.90 Å². The summed E-state index contributed by atoms with van der Waals surface area (Å²) >= 11 is 0. The number of hydrogen-bond donors (Lipinski definition) is 2. The van der Waals surface area contributed by atoms with Gasteiger partial charge >= 0.3 is 10.2 Å². The normalized spacial score (nSPS) is 23.4. The summed E-state index contributed by atoms with van der Waals surface area (Å²) in [6, 6.07) is 14.0. The van der Waals surface area contributed by atoms with Gasteiger partial charge in [0, 0.05) is 32.4 Å². The van der Waals surface area contributed by atoms with Gasteiger partial charge in [0.15, 0.2) is 0 Å². The summed E-state index contributed by atoms with van der Waals surface area (Å²) in [7, 11) is -4.32. The number of nitrogens with zero attached hydrogens (tertiary/aromatic N) is 3. The first kappa shape index (κ1) is 20.9. The second-order valence-corrected chi connectivity index (χ2v) is 13.1. The molecule has 0 unspecified atom stereocenters. The molecule has 0 bridgehead atoms. The molecule has 2 aliphatic heterocycles. The van der Waals surface area contributed by atoms with Crippen LogP contribution in [0.5, 0.6) is 0 Å². The quantitative estimate of drug-likeness (QED) is 0.709. The maximum Gasteiger partial charge on any atom is 0.326 e. The summed E-state index contributed by atoms with van der Waals surface area (Å²) in [6.45, 7) is 1.79. The minimum absolute atomic E-state index is 0.398. The zero-order valence-electron chi connectivity index (χ0n) is 17.6. The van der Waals surface area contributed by atoms with Crippen LogP contribution >= 0.6 is 10.6 Å². The maximum atomic E-state index is 13.0. The number of hydrogen-bond acceptors (Lipinski definition) is 5. The molecule has 0 atom stereocenters. The van der Waals surface area contributed by atoms with Gasteiger partial charge in [-0.3, -0.25) is 17.7 Å². The van der Waals surface area contributed by atoms with E-state index in [1.165, 1.54) is 10.7 Å². The smallest absolute Gasteiger partial charge is 0.326 e. The second-order valence-electron chi connectivity index (χ2n) is 8.75. The van der Waals surface area contributed by atoms with Gasteiger partial charge in [0.05, 0.1) is 22.9 Å². The van der Waals surface area contributed by atoms with Crippen LogP contribution in [0, 0.1) is 5.92 Å². The van der Waals surface area contributed by atoms with Crippen LogP contribution in [0.4, 0.5) is 17.1 Å². The topological polar surface area (TPSA) is 84.3 Å². The van der Waals surface area contributed by atoms with Crippen molar-refractivity contribution in [1.29, 1.82) is 0 Å². The van der Waals surface area contributed by atoms with Crippen molar-refractivity contribution in [3.63, 3.8) is 0 Å². The van der Waals surface area contributed by atoms with Crippen LogP contribution in [-0.2, 0) is 10.2 Å². The molecule has 1 aliphatic carbocycles. The third kappa shape index (κ3) is 3.77. The lowest BCUT2D eigenvalue weighted by molar-refractivity contribution is 0.326. The Morgan fingerprint density at radius 1 is 0.968 bits per heavy atom. The summed E-state index contributed by atoms with van der Waals surface area (Å²) in [5, 5.41) is 0. The molecule has 0 amide bonds. The summed E-state index contributed by atoms with van der Waals surface area (Å²) in [4.78, 5) is 2.17. The second kappa shape index (κ2) is 7.58. The molecule has 2 aromatic carbocycles. The van der Waals surface area contributed by atoms with Crippen molar-refractivity contribution in [2.45, 2.75) is 19.3 Å². The highest BCUT2D eigenvalue weighted by Gasteiger charge is 2.40. The van der Waals surface area contributed by atoms with E-state index in [-0.39, 0.29) is 0 Å². The highest BCUT2D eigenvalue weighted by molar-refractivity contribution is 8.24. The van der Waals surface area contributed by atoms with E-state index < -0.39 is 20.8 Å². The molecule has 3 aliphatic rings. The van der Waals surface area contributed by atoms with Crippen LogP contribution in [0.3, 0.4) is 0 Å². The Balaban J connectivity index is 1.43. The fourth-order valence-electron chi connectivity index (χ4n) is 4.53. The average Bonchev–Trinajstić information content (AvgIpc) is 2.90. The first-order valence-electron chi connectivity index (χ1n) is 10.7. The SMILES string of the molecule is CN1c2cc(-c3cccc(N4CCS(O)(O)CC4)c3)ccc2N(CC2CCC2)S1(=O)=O. The Hall–Kier alpha value is -1.94. The molecule has 5 rings (SSSR count).